The molecule has 0 amide bonds. The number of nitriles is 1. The molecule has 2 N–H and O–H groups in total. The van der Waals surface area contributed by atoms with E-state index in [9.17, 15) is 14.0 Å². The van der Waals surface area contributed by atoms with Gasteiger partial charge in [0.25, 0.3) is 6.43 Å². The molecule has 0 saturated carbocycles. The highest BCUT2D eigenvalue weighted by Gasteiger charge is 2.23. The number of fused-ring (bicyclic) bond motifs is 1. The van der Waals surface area contributed by atoms with E-state index in [4.69, 9.17) is 21.1 Å². The molecular formula is C24H22ClF2N7O2. The summed E-state index contributed by atoms with van der Waals surface area (Å²) in [5.74, 6) is 0.623. The molecule has 0 saturated heterocycles. The number of rotatable bonds is 7. The number of hydrogen-bond donors (Lipinski definition) is 2. The number of nitrogens with zero attached hydrogens (tertiary/aromatic N) is 6. The Morgan fingerprint density at radius 3 is 2.81 bits per heavy atom. The van der Waals surface area contributed by atoms with Crippen molar-refractivity contribution in [2.75, 3.05) is 19.0 Å². The van der Waals surface area contributed by atoms with Gasteiger partial charge in [0.05, 0.1) is 11.9 Å². The summed E-state index contributed by atoms with van der Waals surface area (Å²) in [6.07, 6.45) is 3.70. The van der Waals surface area contributed by atoms with Crippen molar-refractivity contribution in [3.8, 4) is 6.07 Å². The Balaban J connectivity index is 0.00000176. The van der Waals surface area contributed by atoms with E-state index in [1.54, 1.807) is 43.5 Å². The second-order valence-corrected chi connectivity index (χ2v) is 7.60. The molecule has 9 nitrogen and oxygen atoms in total. The average Bonchev–Trinajstić information content (AvgIpc) is 3.51. The van der Waals surface area contributed by atoms with Crippen LogP contribution in [0.5, 0.6) is 0 Å². The van der Waals surface area contributed by atoms with Crippen molar-refractivity contribution >= 4 is 29.0 Å². The van der Waals surface area contributed by atoms with Crippen LogP contribution in [0.25, 0.3) is 11.7 Å². The third-order valence-corrected chi connectivity index (χ3v) is 5.22. The highest BCUT2D eigenvalue weighted by molar-refractivity contribution is 6.30. The Labute approximate surface area is 209 Å². The minimum atomic E-state index is -2.94. The van der Waals surface area contributed by atoms with Crippen LogP contribution in [0, 0.1) is 18.3 Å². The van der Waals surface area contributed by atoms with Gasteiger partial charge in [0.1, 0.15) is 23.1 Å². The van der Waals surface area contributed by atoms with Crippen molar-refractivity contribution in [1.82, 2.24) is 19.6 Å². The van der Waals surface area contributed by atoms with E-state index in [1.807, 2.05) is 0 Å². The lowest BCUT2D eigenvalue weighted by Gasteiger charge is -2.07. The molecule has 3 heterocycles. The van der Waals surface area contributed by atoms with Gasteiger partial charge in [-0.15, -0.1) is 0 Å². The largest absolute Gasteiger partial charge is 0.448 e. The maximum atomic E-state index is 13.6. The number of benzene rings is 1. The summed E-state index contributed by atoms with van der Waals surface area (Å²) in [4.78, 5) is 12.9. The zero-order valence-electron chi connectivity index (χ0n) is 19.4. The van der Waals surface area contributed by atoms with E-state index in [0.717, 1.165) is 12.7 Å². The number of nitrogens with one attached hydrogen (secondary N) is 1. The molecule has 12 heteroatoms. The number of aliphatic hydroxyl groups is 1. The number of hydrogen-bond acceptors (Lipinski definition) is 8. The summed E-state index contributed by atoms with van der Waals surface area (Å²) in [7, 11) is 1.00. The van der Waals surface area contributed by atoms with Gasteiger partial charge in [-0.2, -0.15) is 14.9 Å². The first-order chi connectivity index (χ1) is 17.4. The first kappa shape index (κ1) is 26.5. The number of halogens is 3. The number of aryl methyl sites for hydroxylation is 1. The molecular weight excluding hydrogens is 492 g/mol. The summed E-state index contributed by atoms with van der Waals surface area (Å²) in [6, 6.07) is 7.05. The van der Waals surface area contributed by atoms with Crippen molar-refractivity contribution in [3.05, 3.63) is 87.6 Å². The Hall–Kier alpha value is -4.14. The molecule has 36 heavy (non-hydrogen) atoms. The SMILES string of the molecule is C=CNc1cc(Cl)ccc1/C=c1\c(C)nc2c(C#N)c(C(F)F)nn2c1=NCCc1cnco1.CO. The fourth-order valence-corrected chi connectivity index (χ4v) is 3.61. The topological polar surface area (TPSA) is 125 Å². The number of aromatic nitrogens is 4. The summed E-state index contributed by atoms with van der Waals surface area (Å²) < 4.78 is 33.6. The zero-order valence-corrected chi connectivity index (χ0v) is 20.2. The number of alkyl halides is 2. The molecule has 0 radical (unpaired) electrons. The Morgan fingerprint density at radius 1 is 1.39 bits per heavy atom. The maximum Gasteiger partial charge on any atom is 0.283 e. The van der Waals surface area contributed by atoms with Crippen LogP contribution in [0.15, 0.2) is 53.0 Å². The fourth-order valence-electron chi connectivity index (χ4n) is 3.44. The van der Waals surface area contributed by atoms with Gasteiger partial charge in [-0.1, -0.05) is 24.2 Å². The summed E-state index contributed by atoms with van der Waals surface area (Å²) in [6.45, 7) is 5.66. The lowest BCUT2D eigenvalue weighted by atomic mass is 10.1. The van der Waals surface area contributed by atoms with Crippen LogP contribution >= 0.6 is 11.6 Å². The molecule has 0 aliphatic rings. The molecule has 0 aliphatic carbocycles. The van der Waals surface area contributed by atoms with E-state index in [0.29, 0.717) is 33.8 Å². The second kappa shape index (κ2) is 12.0. The standard InChI is InChI=1S/C23H18ClF2N7O.CH4O/c1-3-29-19-9-15(24)5-4-14(19)8-17-13(2)31-23-18(10-27)20(21(25)26)32-33(23)22(17)30-7-6-16-11-28-12-34-16;1-2/h3-5,8-9,11-12,21,29H,1,6-7H2,2H3;2H,1H3/b17-8+,30-22?;. The molecule has 186 valence electrons. The average molecular weight is 514 g/mol. The molecule has 3 aromatic heterocycles. The van der Waals surface area contributed by atoms with E-state index < -0.39 is 12.1 Å². The molecule has 1 aromatic carbocycles. The number of oxazole rings is 1. The van der Waals surface area contributed by atoms with Crippen LogP contribution in [0.2, 0.25) is 5.02 Å². The van der Waals surface area contributed by atoms with Crippen LogP contribution in [0.3, 0.4) is 0 Å². The highest BCUT2D eigenvalue weighted by Crippen LogP contribution is 2.23. The highest BCUT2D eigenvalue weighted by atomic mass is 35.5. The molecule has 4 aromatic rings. The Morgan fingerprint density at radius 2 is 2.17 bits per heavy atom. The first-order valence-electron chi connectivity index (χ1n) is 10.6. The minimum absolute atomic E-state index is 0.0198. The Bertz CT molecular complexity index is 1530. The quantitative estimate of drug-likeness (QED) is 0.388. The molecule has 0 fully saturated rings. The molecule has 0 bridgehead atoms. The number of aliphatic hydroxyl groups excluding tert-OH is 1. The van der Waals surface area contributed by atoms with Crippen molar-refractivity contribution < 1.29 is 18.3 Å². The molecule has 0 aliphatic heterocycles. The van der Waals surface area contributed by atoms with Crippen LogP contribution < -0.4 is 16.0 Å². The van der Waals surface area contributed by atoms with Gasteiger partial charge in [0, 0.05) is 36.0 Å². The third kappa shape index (κ3) is 5.56. The summed E-state index contributed by atoms with van der Waals surface area (Å²) in [5, 5.41) is 24.6. The van der Waals surface area contributed by atoms with Gasteiger partial charge in [0.2, 0.25) is 0 Å². The monoisotopic (exact) mass is 513 g/mol. The lowest BCUT2D eigenvalue weighted by Crippen LogP contribution is -2.37. The van der Waals surface area contributed by atoms with E-state index in [-0.39, 0.29) is 23.2 Å². The molecule has 0 spiro atoms. The van der Waals surface area contributed by atoms with Crippen LogP contribution in [0.1, 0.15) is 34.7 Å². The predicted octanol–water partition coefficient (Wildman–Crippen LogP) is 3.34. The second-order valence-electron chi connectivity index (χ2n) is 7.17. The van der Waals surface area contributed by atoms with Gasteiger partial charge in [-0.05, 0) is 36.9 Å². The third-order valence-electron chi connectivity index (χ3n) is 4.99. The maximum absolute atomic E-state index is 13.6. The number of anilines is 1. The van der Waals surface area contributed by atoms with Gasteiger partial charge in [-0.25, -0.2) is 18.7 Å². The van der Waals surface area contributed by atoms with E-state index in [2.05, 4.69) is 32.0 Å². The van der Waals surface area contributed by atoms with Crippen molar-refractivity contribution in [2.24, 2.45) is 4.99 Å². The van der Waals surface area contributed by atoms with Gasteiger partial charge < -0.3 is 14.8 Å². The Kier molecular flexibility index (Phi) is 8.83. The lowest BCUT2D eigenvalue weighted by molar-refractivity contribution is 0.145. The van der Waals surface area contributed by atoms with Gasteiger partial charge in [0.15, 0.2) is 17.5 Å². The molecule has 4 rings (SSSR count). The first-order valence-corrected chi connectivity index (χ1v) is 10.9. The van der Waals surface area contributed by atoms with Crippen molar-refractivity contribution in [3.63, 3.8) is 0 Å². The van der Waals surface area contributed by atoms with Gasteiger partial charge in [-0.3, -0.25) is 4.99 Å². The normalized spacial score (nSPS) is 11.9. The fraction of sp³-hybridized carbons (Fsp3) is 0.208. The summed E-state index contributed by atoms with van der Waals surface area (Å²) >= 11 is 6.13. The van der Waals surface area contributed by atoms with Gasteiger partial charge >= 0.3 is 0 Å². The molecule has 0 atom stereocenters. The van der Waals surface area contributed by atoms with Crippen LogP contribution in [-0.4, -0.2) is 38.3 Å². The smallest absolute Gasteiger partial charge is 0.283 e. The molecule has 0 unspecified atom stereocenters. The van der Waals surface area contributed by atoms with Crippen LogP contribution in [0.4, 0.5) is 14.5 Å². The van der Waals surface area contributed by atoms with Crippen molar-refractivity contribution in [2.45, 2.75) is 19.8 Å². The van der Waals surface area contributed by atoms with E-state index >= 15 is 0 Å². The zero-order chi connectivity index (χ0) is 26.2. The van der Waals surface area contributed by atoms with E-state index in [1.165, 1.54) is 17.1 Å². The predicted molar refractivity (Wildman–Crippen MR) is 130 cm³/mol. The van der Waals surface area contributed by atoms with Crippen molar-refractivity contribution in [1.29, 1.82) is 5.26 Å². The summed E-state index contributed by atoms with van der Waals surface area (Å²) in [5.41, 5.74) is 1.29. The minimum Gasteiger partial charge on any atom is -0.448 e. The van der Waals surface area contributed by atoms with Crippen LogP contribution in [-0.2, 0) is 6.42 Å².